The van der Waals surface area contributed by atoms with Crippen molar-refractivity contribution in [1.29, 1.82) is 0 Å². The lowest BCUT2D eigenvalue weighted by atomic mass is 10.2. The van der Waals surface area contributed by atoms with E-state index >= 15 is 0 Å². The number of pyridine rings is 1. The van der Waals surface area contributed by atoms with E-state index in [1.807, 2.05) is 11.0 Å². The third kappa shape index (κ3) is 3.52. The summed E-state index contributed by atoms with van der Waals surface area (Å²) in [4.78, 5) is 31.0. The van der Waals surface area contributed by atoms with Crippen molar-refractivity contribution in [2.45, 2.75) is 13.5 Å². The monoisotopic (exact) mass is 277 g/mol. The molecular weight excluding hydrogens is 258 g/mol. The molecule has 2 rings (SSSR count). The lowest BCUT2D eigenvalue weighted by Crippen LogP contribution is -2.47. The molecule has 0 spiro atoms. The summed E-state index contributed by atoms with van der Waals surface area (Å²) in [6.07, 6.45) is 0. The van der Waals surface area contributed by atoms with E-state index in [0.717, 1.165) is 31.9 Å². The molecule has 1 aromatic rings. The average molecular weight is 277 g/mol. The lowest BCUT2D eigenvalue weighted by Gasteiger charge is -2.33. The van der Waals surface area contributed by atoms with Gasteiger partial charge in [-0.1, -0.05) is 6.07 Å². The standard InChI is InChI=1S/C13H19N5O2/c1-10(19)18-7-5-17(6-8-18)9-11-3-2-4-12(15-11)13(20)16-14/h2-4H,5-9,14H2,1H3,(H,16,20). The maximum atomic E-state index is 11.4. The van der Waals surface area contributed by atoms with Gasteiger partial charge in [-0.3, -0.25) is 19.9 Å². The fraction of sp³-hybridized carbons (Fsp3) is 0.462. The Hall–Kier alpha value is -1.99. The number of nitrogens with one attached hydrogen (secondary N) is 1. The first-order chi connectivity index (χ1) is 9.60. The number of carbonyl (C=O) groups excluding carboxylic acids is 2. The predicted molar refractivity (Wildman–Crippen MR) is 73.4 cm³/mol. The summed E-state index contributed by atoms with van der Waals surface area (Å²) in [5.41, 5.74) is 3.21. The van der Waals surface area contributed by atoms with Gasteiger partial charge >= 0.3 is 0 Å². The molecule has 0 saturated carbocycles. The van der Waals surface area contributed by atoms with Crippen molar-refractivity contribution < 1.29 is 9.59 Å². The van der Waals surface area contributed by atoms with E-state index in [1.165, 1.54) is 0 Å². The highest BCUT2D eigenvalue weighted by molar-refractivity contribution is 5.91. The van der Waals surface area contributed by atoms with E-state index in [1.54, 1.807) is 19.1 Å². The normalized spacial score (nSPS) is 16.0. The topological polar surface area (TPSA) is 91.6 Å². The number of piperazine rings is 1. The molecule has 2 amide bonds. The first-order valence-corrected chi connectivity index (χ1v) is 6.55. The number of aromatic nitrogens is 1. The number of carbonyl (C=O) groups is 2. The molecule has 3 N–H and O–H groups in total. The first kappa shape index (κ1) is 14.4. The average Bonchev–Trinajstić information content (AvgIpc) is 2.47. The van der Waals surface area contributed by atoms with E-state index in [9.17, 15) is 9.59 Å². The van der Waals surface area contributed by atoms with Crippen molar-refractivity contribution in [3.63, 3.8) is 0 Å². The van der Waals surface area contributed by atoms with Crippen LogP contribution in [0.15, 0.2) is 18.2 Å². The van der Waals surface area contributed by atoms with Gasteiger partial charge in [0.05, 0.1) is 5.69 Å². The van der Waals surface area contributed by atoms with Crippen molar-refractivity contribution in [3.05, 3.63) is 29.6 Å². The molecule has 1 aliphatic rings. The van der Waals surface area contributed by atoms with Gasteiger partial charge in [0.2, 0.25) is 5.91 Å². The maximum Gasteiger partial charge on any atom is 0.283 e. The van der Waals surface area contributed by atoms with Gasteiger partial charge in [0, 0.05) is 39.6 Å². The molecule has 20 heavy (non-hydrogen) atoms. The van der Waals surface area contributed by atoms with Gasteiger partial charge in [0.15, 0.2) is 0 Å². The molecule has 0 atom stereocenters. The molecule has 1 aromatic heterocycles. The van der Waals surface area contributed by atoms with Gasteiger partial charge < -0.3 is 4.90 Å². The molecule has 1 saturated heterocycles. The van der Waals surface area contributed by atoms with E-state index in [2.05, 4.69) is 15.3 Å². The van der Waals surface area contributed by atoms with Gasteiger partial charge in [-0.2, -0.15) is 0 Å². The molecule has 0 unspecified atom stereocenters. The second-order valence-electron chi connectivity index (χ2n) is 4.77. The zero-order chi connectivity index (χ0) is 14.5. The van der Waals surface area contributed by atoms with Crippen LogP contribution in [0.25, 0.3) is 0 Å². The summed E-state index contributed by atoms with van der Waals surface area (Å²) in [6.45, 7) is 5.35. The Morgan fingerprint density at radius 1 is 1.30 bits per heavy atom. The third-order valence-electron chi connectivity index (χ3n) is 3.37. The van der Waals surface area contributed by atoms with Crippen LogP contribution < -0.4 is 11.3 Å². The molecule has 108 valence electrons. The highest BCUT2D eigenvalue weighted by atomic mass is 16.2. The quantitative estimate of drug-likeness (QED) is 0.435. The third-order valence-corrected chi connectivity index (χ3v) is 3.37. The van der Waals surface area contributed by atoms with Crippen LogP contribution in [0.5, 0.6) is 0 Å². The molecular formula is C13H19N5O2. The smallest absolute Gasteiger partial charge is 0.283 e. The second kappa shape index (κ2) is 6.44. The van der Waals surface area contributed by atoms with Crippen LogP contribution in [0.1, 0.15) is 23.1 Å². The van der Waals surface area contributed by atoms with Crippen LogP contribution in [-0.2, 0) is 11.3 Å². The number of nitrogen functional groups attached to an aromatic ring is 1. The minimum absolute atomic E-state index is 0.115. The van der Waals surface area contributed by atoms with Gasteiger partial charge in [-0.05, 0) is 12.1 Å². The van der Waals surface area contributed by atoms with Gasteiger partial charge in [-0.15, -0.1) is 0 Å². The Morgan fingerprint density at radius 2 is 2.00 bits per heavy atom. The molecule has 7 heteroatoms. The fourth-order valence-electron chi connectivity index (χ4n) is 2.22. The Balaban J connectivity index is 1.94. The number of rotatable bonds is 3. The summed E-state index contributed by atoms with van der Waals surface area (Å²) < 4.78 is 0. The van der Waals surface area contributed by atoms with Crippen molar-refractivity contribution in [2.75, 3.05) is 26.2 Å². The van der Waals surface area contributed by atoms with Crippen molar-refractivity contribution in [2.24, 2.45) is 5.84 Å². The van der Waals surface area contributed by atoms with E-state index in [4.69, 9.17) is 5.84 Å². The van der Waals surface area contributed by atoms with Crippen LogP contribution in [-0.4, -0.2) is 52.8 Å². The second-order valence-corrected chi connectivity index (χ2v) is 4.77. The summed E-state index contributed by atoms with van der Waals surface area (Å²) in [6, 6.07) is 5.29. The summed E-state index contributed by atoms with van der Waals surface area (Å²) in [7, 11) is 0. The fourth-order valence-corrected chi connectivity index (χ4v) is 2.22. The molecule has 0 bridgehead atoms. The minimum Gasteiger partial charge on any atom is -0.340 e. The summed E-state index contributed by atoms with van der Waals surface area (Å²) in [5.74, 6) is 4.81. The van der Waals surface area contributed by atoms with Crippen LogP contribution >= 0.6 is 0 Å². The molecule has 2 heterocycles. The number of hydrogen-bond donors (Lipinski definition) is 2. The maximum absolute atomic E-state index is 11.4. The number of hydrogen-bond acceptors (Lipinski definition) is 5. The van der Waals surface area contributed by atoms with Crippen molar-refractivity contribution in [1.82, 2.24) is 20.2 Å². The van der Waals surface area contributed by atoms with E-state index in [-0.39, 0.29) is 5.91 Å². The number of nitrogens with zero attached hydrogens (tertiary/aromatic N) is 3. The Kier molecular flexibility index (Phi) is 4.65. The molecule has 0 aliphatic carbocycles. The molecule has 0 radical (unpaired) electrons. The van der Waals surface area contributed by atoms with Crippen LogP contribution in [0.4, 0.5) is 0 Å². The zero-order valence-electron chi connectivity index (χ0n) is 11.5. The Morgan fingerprint density at radius 3 is 2.60 bits per heavy atom. The lowest BCUT2D eigenvalue weighted by molar-refractivity contribution is -0.130. The van der Waals surface area contributed by atoms with Gasteiger partial charge in [0.1, 0.15) is 5.69 Å². The van der Waals surface area contributed by atoms with Crippen LogP contribution in [0.2, 0.25) is 0 Å². The molecule has 0 aromatic carbocycles. The molecule has 1 fully saturated rings. The largest absolute Gasteiger partial charge is 0.340 e. The SMILES string of the molecule is CC(=O)N1CCN(Cc2cccc(C(=O)NN)n2)CC1. The highest BCUT2D eigenvalue weighted by Gasteiger charge is 2.19. The van der Waals surface area contributed by atoms with Crippen LogP contribution in [0.3, 0.4) is 0 Å². The van der Waals surface area contributed by atoms with Crippen LogP contribution in [0, 0.1) is 0 Å². The van der Waals surface area contributed by atoms with Gasteiger partial charge in [-0.25, -0.2) is 10.8 Å². The highest BCUT2D eigenvalue weighted by Crippen LogP contribution is 2.08. The van der Waals surface area contributed by atoms with E-state index < -0.39 is 5.91 Å². The molecule has 7 nitrogen and oxygen atoms in total. The Bertz CT molecular complexity index is 497. The number of hydrazine groups is 1. The van der Waals surface area contributed by atoms with Crippen molar-refractivity contribution in [3.8, 4) is 0 Å². The zero-order valence-corrected chi connectivity index (χ0v) is 11.5. The molecule has 1 aliphatic heterocycles. The van der Waals surface area contributed by atoms with Gasteiger partial charge in [0.25, 0.3) is 5.91 Å². The minimum atomic E-state index is -0.395. The van der Waals surface area contributed by atoms with Crippen molar-refractivity contribution >= 4 is 11.8 Å². The summed E-state index contributed by atoms with van der Waals surface area (Å²) >= 11 is 0. The summed E-state index contributed by atoms with van der Waals surface area (Å²) in [5, 5.41) is 0. The number of nitrogens with two attached hydrogens (primary N) is 1. The Labute approximate surface area is 117 Å². The first-order valence-electron chi connectivity index (χ1n) is 6.55. The van der Waals surface area contributed by atoms with E-state index in [0.29, 0.717) is 12.2 Å². The number of amides is 2. The predicted octanol–water partition coefficient (Wildman–Crippen LogP) is -0.651.